The lowest BCUT2D eigenvalue weighted by Crippen LogP contribution is -2.38. The van der Waals surface area contributed by atoms with Crippen LogP contribution in [0.4, 0.5) is 4.79 Å². The predicted molar refractivity (Wildman–Crippen MR) is 129 cm³/mol. The minimum absolute atomic E-state index is 0.245. The molecule has 0 radical (unpaired) electrons. The first kappa shape index (κ1) is 25.9. The Morgan fingerprint density at radius 3 is 1.88 bits per heavy atom. The van der Waals surface area contributed by atoms with Crippen LogP contribution >= 0.6 is 0 Å². The van der Waals surface area contributed by atoms with Crippen molar-refractivity contribution in [2.45, 2.75) is 71.8 Å². The van der Waals surface area contributed by atoms with Gasteiger partial charge >= 0.3 is 16.4 Å². The first-order chi connectivity index (χ1) is 14.5. The van der Waals surface area contributed by atoms with Gasteiger partial charge in [0.15, 0.2) is 0 Å². The van der Waals surface area contributed by atoms with Gasteiger partial charge in [0, 0.05) is 7.05 Å². The van der Waals surface area contributed by atoms with Crippen molar-refractivity contribution in [3.05, 3.63) is 70.3 Å². The van der Waals surface area contributed by atoms with E-state index in [4.69, 9.17) is 5.73 Å². The number of carbonyl (C=O) groups is 1. The van der Waals surface area contributed by atoms with Gasteiger partial charge in [0.25, 0.3) is 0 Å². The van der Waals surface area contributed by atoms with E-state index in [0.29, 0.717) is 6.42 Å². The van der Waals surface area contributed by atoms with Gasteiger partial charge in [-0.2, -0.15) is 12.7 Å². The number of primary amides is 1. The lowest BCUT2D eigenvalue weighted by atomic mass is 9.72. The Balaban J connectivity index is 2.87. The fourth-order valence-electron chi connectivity index (χ4n) is 3.97. The predicted octanol–water partition coefficient (Wildman–Crippen LogP) is 5.15. The molecule has 0 heterocycles. The van der Waals surface area contributed by atoms with Crippen molar-refractivity contribution in [2.75, 3.05) is 7.05 Å². The number of hydrogen-bond donors (Lipinski definition) is 1. The molecular formula is C25H36N2O4S. The molecule has 0 fully saturated rings. The molecule has 2 rings (SSSR count). The number of likely N-dealkylation sites (N-methyl/N-ethyl adjacent to an activating group) is 1. The fraction of sp³-hybridized carbons (Fsp3) is 0.480. The van der Waals surface area contributed by atoms with E-state index in [1.54, 1.807) is 0 Å². The Kier molecular flexibility index (Phi) is 7.47. The molecule has 1 atom stereocenters. The molecule has 0 aliphatic rings. The van der Waals surface area contributed by atoms with Crippen molar-refractivity contribution >= 4 is 16.4 Å². The minimum atomic E-state index is -4.40. The Bertz CT molecular complexity index is 1030. The summed E-state index contributed by atoms with van der Waals surface area (Å²) in [7, 11) is -2.97. The van der Waals surface area contributed by atoms with E-state index in [2.05, 4.69) is 64.8 Å². The van der Waals surface area contributed by atoms with Crippen LogP contribution in [0.2, 0.25) is 0 Å². The van der Waals surface area contributed by atoms with Gasteiger partial charge in [0.2, 0.25) is 0 Å². The highest BCUT2D eigenvalue weighted by atomic mass is 32.2. The maximum atomic E-state index is 12.9. The normalized spacial score (nSPS) is 13.8. The summed E-state index contributed by atoms with van der Waals surface area (Å²) >= 11 is 0. The summed E-state index contributed by atoms with van der Waals surface area (Å²) in [5.41, 5.74) is 9.70. The molecule has 0 saturated carbocycles. The fourth-order valence-corrected chi connectivity index (χ4v) is 4.78. The highest BCUT2D eigenvalue weighted by Crippen LogP contribution is 2.42. The third-order valence-electron chi connectivity index (χ3n) is 5.52. The molecule has 1 unspecified atom stereocenters. The molecule has 2 aromatic carbocycles. The van der Waals surface area contributed by atoms with E-state index in [0.717, 1.165) is 32.1 Å². The van der Waals surface area contributed by atoms with Crippen molar-refractivity contribution in [2.24, 2.45) is 5.73 Å². The van der Waals surface area contributed by atoms with Crippen LogP contribution in [0.25, 0.3) is 0 Å². The lowest BCUT2D eigenvalue weighted by molar-refractivity contribution is 0.204. The number of amides is 1. The van der Waals surface area contributed by atoms with Crippen LogP contribution in [-0.2, 0) is 31.7 Å². The van der Waals surface area contributed by atoms with Crippen LogP contribution in [0.5, 0.6) is 0 Å². The van der Waals surface area contributed by atoms with E-state index in [9.17, 15) is 13.2 Å². The second-order valence-electron chi connectivity index (χ2n) is 10.4. The van der Waals surface area contributed by atoms with Crippen LogP contribution in [-0.4, -0.2) is 25.9 Å². The summed E-state index contributed by atoms with van der Waals surface area (Å²) in [5, 5.41) is 0. The first-order valence-corrected chi connectivity index (χ1v) is 12.1. The minimum Gasteiger partial charge on any atom is -0.334 e. The first-order valence-electron chi connectivity index (χ1n) is 10.7. The van der Waals surface area contributed by atoms with Crippen LogP contribution in [0.1, 0.15) is 75.4 Å². The van der Waals surface area contributed by atoms with E-state index in [-0.39, 0.29) is 10.8 Å². The third kappa shape index (κ3) is 6.11. The highest BCUT2D eigenvalue weighted by molar-refractivity contribution is 7.84. The van der Waals surface area contributed by atoms with Crippen molar-refractivity contribution in [3.63, 3.8) is 0 Å². The molecule has 1 amide bonds. The molecule has 0 bridgehead atoms. The zero-order chi connectivity index (χ0) is 24.5. The van der Waals surface area contributed by atoms with Gasteiger partial charge < -0.3 is 9.92 Å². The zero-order valence-electron chi connectivity index (χ0n) is 20.4. The Morgan fingerprint density at radius 1 is 1.00 bits per heavy atom. The number of nitrogens with two attached hydrogens (primary N) is 1. The second-order valence-corrected chi connectivity index (χ2v) is 12.0. The Morgan fingerprint density at radius 2 is 1.47 bits per heavy atom. The number of benzene rings is 2. The maximum Gasteiger partial charge on any atom is 0.421 e. The van der Waals surface area contributed by atoms with E-state index < -0.39 is 22.4 Å². The zero-order valence-corrected chi connectivity index (χ0v) is 21.2. The SMILES string of the molecule is Cc1cc(C(C)(C)C)c(C(Cc2ccccc2)N(C)S(=O)(=O)OC(N)=O)c(C(C)(C)C)c1. The van der Waals surface area contributed by atoms with Crippen LogP contribution in [0.15, 0.2) is 42.5 Å². The second kappa shape index (κ2) is 9.24. The molecular weight excluding hydrogens is 424 g/mol. The molecule has 0 aliphatic heterocycles. The van der Waals surface area contributed by atoms with Crippen LogP contribution in [0, 0.1) is 6.92 Å². The van der Waals surface area contributed by atoms with E-state index in [1.807, 2.05) is 30.3 Å². The molecule has 0 aliphatic carbocycles. The quantitative estimate of drug-likeness (QED) is 0.646. The van der Waals surface area contributed by atoms with Crippen molar-refractivity contribution < 1.29 is 17.4 Å². The Hall–Kier alpha value is -2.38. The Labute approximate surface area is 193 Å². The van der Waals surface area contributed by atoms with Gasteiger partial charge in [-0.25, -0.2) is 4.79 Å². The summed E-state index contributed by atoms with van der Waals surface area (Å²) in [5.74, 6) is 0. The monoisotopic (exact) mass is 460 g/mol. The average molecular weight is 461 g/mol. The van der Waals surface area contributed by atoms with E-state index >= 15 is 0 Å². The van der Waals surface area contributed by atoms with Gasteiger partial charge in [-0.15, -0.1) is 0 Å². The van der Waals surface area contributed by atoms with Gasteiger partial charge in [-0.1, -0.05) is 89.6 Å². The van der Waals surface area contributed by atoms with Gasteiger partial charge in [0.05, 0.1) is 6.04 Å². The van der Waals surface area contributed by atoms with Gasteiger partial charge in [-0.3, -0.25) is 0 Å². The van der Waals surface area contributed by atoms with Crippen molar-refractivity contribution in [1.82, 2.24) is 4.31 Å². The number of carbonyl (C=O) groups excluding carboxylic acids is 1. The van der Waals surface area contributed by atoms with Gasteiger partial charge in [0.1, 0.15) is 0 Å². The number of rotatable bonds is 6. The largest absolute Gasteiger partial charge is 0.421 e. The highest BCUT2D eigenvalue weighted by Gasteiger charge is 2.37. The molecule has 0 saturated heterocycles. The molecule has 6 nitrogen and oxygen atoms in total. The molecule has 7 heteroatoms. The summed E-state index contributed by atoms with van der Waals surface area (Å²) in [4.78, 5) is 11.3. The maximum absolute atomic E-state index is 12.9. The lowest BCUT2D eigenvalue weighted by Gasteiger charge is -2.37. The topological polar surface area (TPSA) is 89.7 Å². The van der Waals surface area contributed by atoms with Gasteiger partial charge in [-0.05, 0) is 46.4 Å². The molecule has 0 spiro atoms. The number of hydrogen-bond acceptors (Lipinski definition) is 4. The number of aryl methyl sites for hydroxylation is 1. The molecule has 176 valence electrons. The van der Waals surface area contributed by atoms with Crippen molar-refractivity contribution in [3.8, 4) is 0 Å². The smallest absolute Gasteiger partial charge is 0.334 e. The van der Waals surface area contributed by atoms with Crippen molar-refractivity contribution in [1.29, 1.82) is 0 Å². The molecule has 0 aromatic heterocycles. The summed E-state index contributed by atoms with van der Waals surface area (Å²) in [6, 6.07) is 13.3. The van der Waals surface area contributed by atoms with E-state index in [1.165, 1.54) is 7.05 Å². The average Bonchev–Trinajstić information content (AvgIpc) is 2.63. The summed E-state index contributed by atoms with van der Waals surface area (Å²) in [6.07, 6.45) is -0.945. The number of nitrogens with zero attached hydrogens (tertiary/aromatic N) is 1. The molecule has 32 heavy (non-hydrogen) atoms. The standard InChI is InChI=1S/C25H36N2O4S/c1-17-14-19(24(2,3)4)22(20(15-17)25(5,6)7)21(16-18-12-10-9-11-13-18)27(8)32(29,30)31-23(26)28/h9-15,21H,16H2,1-8H3,(H2,26,28). The summed E-state index contributed by atoms with van der Waals surface area (Å²) < 4.78 is 31.6. The van der Waals surface area contributed by atoms with Crippen LogP contribution < -0.4 is 5.73 Å². The summed E-state index contributed by atoms with van der Waals surface area (Å²) in [6.45, 7) is 14.8. The van der Waals surface area contributed by atoms with Crippen LogP contribution in [0.3, 0.4) is 0 Å². The molecule has 2 N–H and O–H groups in total. The third-order valence-corrected chi connectivity index (χ3v) is 6.86. The molecule has 2 aromatic rings.